The van der Waals surface area contributed by atoms with Gasteiger partial charge in [-0.05, 0) is 43.0 Å². The van der Waals surface area contributed by atoms with E-state index >= 15 is 0 Å². The maximum atomic E-state index is 11.6. The molecule has 1 heterocycles. The van der Waals surface area contributed by atoms with Crippen molar-refractivity contribution in [1.82, 2.24) is 15.6 Å². The van der Waals surface area contributed by atoms with Crippen LogP contribution in [0.5, 0.6) is 5.75 Å². The number of hydroxylamine groups is 1. The van der Waals surface area contributed by atoms with Crippen LogP contribution in [0, 0.1) is 0 Å². The fraction of sp³-hybridized carbons (Fsp3) is 0.233. The monoisotopic (exact) mass is 513 g/mol. The first kappa shape index (κ1) is 26.6. The number of benzene rings is 3. The SMILES string of the molecule is CCOC(=O)CCCC=C(NOCc1ccc(OCc2nc(-c3ccccc3)no2)cc1)c1ccccc1. The van der Waals surface area contributed by atoms with E-state index < -0.39 is 0 Å². The number of hydrogen-bond donors (Lipinski definition) is 1. The summed E-state index contributed by atoms with van der Waals surface area (Å²) in [5, 5.41) is 4.01. The fourth-order valence-electron chi connectivity index (χ4n) is 3.60. The summed E-state index contributed by atoms with van der Waals surface area (Å²) in [6, 6.07) is 27.2. The second kappa shape index (κ2) is 14.3. The average molecular weight is 514 g/mol. The van der Waals surface area contributed by atoms with Gasteiger partial charge in [0.15, 0.2) is 6.61 Å². The van der Waals surface area contributed by atoms with Gasteiger partial charge in [-0.3, -0.25) is 15.1 Å². The average Bonchev–Trinajstić information content (AvgIpc) is 3.44. The molecule has 0 atom stereocenters. The first-order valence-corrected chi connectivity index (χ1v) is 12.6. The normalized spacial score (nSPS) is 11.2. The number of carbonyl (C=O) groups excluding carboxylic acids is 1. The Morgan fingerprint density at radius 3 is 2.42 bits per heavy atom. The molecule has 1 aromatic heterocycles. The van der Waals surface area contributed by atoms with Crippen molar-refractivity contribution >= 4 is 11.7 Å². The minimum absolute atomic E-state index is 0.173. The van der Waals surface area contributed by atoms with Crippen LogP contribution in [0.25, 0.3) is 17.1 Å². The van der Waals surface area contributed by atoms with Gasteiger partial charge in [0.05, 0.1) is 18.9 Å². The summed E-state index contributed by atoms with van der Waals surface area (Å²) in [4.78, 5) is 21.7. The van der Waals surface area contributed by atoms with Crippen LogP contribution in [-0.4, -0.2) is 22.7 Å². The lowest BCUT2D eigenvalue weighted by Gasteiger charge is -2.12. The Hall–Kier alpha value is -4.43. The van der Waals surface area contributed by atoms with Gasteiger partial charge < -0.3 is 14.0 Å². The molecule has 0 radical (unpaired) electrons. The van der Waals surface area contributed by atoms with Crippen molar-refractivity contribution in [3.63, 3.8) is 0 Å². The largest absolute Gasteiger partial charge is 0.484 e. The van der Waals surface area contributed by atoms with Gasteiger partial charge in [0.2, 0.25) is 5.82 Å². The molecule has 0 saturated carbocycles. The summed E-state index contributed by atoms with van der Waals surface area (Å²) in [5.41, 5.74) is 6.78. The predicted molar refractivity (Wildman–Crippen MR) is 143 cm³/mol. The highest BCUT2D eigenvalue weighted by Crippen LogP contribution is 2.18. The highest BCUT2D eigenvalue weighted by molar-refractivity contribution is 5.69. The smallest absolute Gasteiger partial charge is 0.305 e. The molecule has 196 valence electrons. The van der Waals surface area contributed by atoms with Crippen molar-refractivity contribution < 1.29 is 23.6 Å². The van der Waals surface area contributed by atoms with E-state index in [9.17, 15) is 4.79 Å². The number of esters is 1. The van der Waals surface area contributed by atoms with Crippen LogP contribution in [0.2, 0.25) is 0 Å². The summed E-state index contributed by atoms with van der Waals surface area (Å²) >= 11 is 0. The van der Waals surface area contributed by atoms with Crippen LogP contribution in [0.15, 0.2) is 95.5 Å². The van der Waals surface area contributed by atoms with Crippen LogP contribution in [0.4, 0.5) is 0 Å². The minimum atomic E-state index is -0.173. The molecule has 0 spiro atoms. The Morgan fingerprint density at radius 2 is 1.68 bits per heavy atom. The minimum Gasteiger partial charge on any atom is -0.484 e. The number of ether oxygens (including phenoxy) is 2. The maximum Gasteiger partial charge on any atom is 0.305 e. The maximum absolute atomic E-state index is 11.6. The second-order valence-corrected chi connectivity index (χ2v) is 8.38. The Kier molecular flexibility index (Phi) is 10.1. The van der Waals surface area contributed by atoms with Gasteiger partial charge in [0, 0.05) is 12.0 Å². The molecule has 0 aliphatic rings. The van der Waals surface area contributed by atoms with Crippen LogP contribution < -0.4 is 10.2 Å². The van der Waals surface area contributed by atoms with Crippen molar-refractivity contribution in [2.45, 2.75) is 39.4 Å². The molecule has 8 heteroatoms. The van der Waals surface area contributed by atoms with Gasteiger partial charge in [-0.15, -0.1) is 0 Å². The molecule has 0 amide bonds. The van der Waals surface area contributed by atoms with Crippen molar-refractivity contribution in [3.05, 3.63) is 108 Å². The van der Waals surface area contributed by atoms with E-state index in [1.165, 1.54) is 0 Å². The molecule has 0 bridgehead atoms. The summed E-state index contributed by atoms with van der Waals surface area (Å²) in [7, 11) is 0. The number of nitrogens with one attached hydrogen (secondary N) is 1. The number of nitrogens with zero attached hydrogens (tertiary/aromatic N) is 2. The van der Waals surface area contributed by atoms with E-state index in [2.05, 4.69) is 15.6 Å². The molecule has 38 heavy (non-hydrogen) atoms. The van der Waals surface area contributed by atoms with Crippen LogP contribution in [-0.2, 0) is 27.6 Å². The van der Waals surface area contributed by atoms with Gasteiger partial charge in [-0.2, -0.15) is 4.98 Å². The van der Waals surface area contributed by atoms with E-state index in [1.54, 1.807) is 0 Å². The fourth-order valence-corrected chi connectivity index (χ4v) is 3.60. The van der Waals surface area contributed by atoms with Crippen LogP contribution in [0.1, 0.15) is 43.2 Å². The Morgan fingerprint density at radius 1 is 0.947 bits per heavy atom. The lowest BCUT2D eigenvalue weighted by Crippen LogP contribution is -2.13. The van der Waals surface area contributed by atoms with Gasteiger partial charge in [-0.25, -0.2) is 0 Å². The standard InChI is InChI=1S/C30H31N3O5/c1-2-35-29(34)16-10-9-15-27(24-11-5-3-6-12-24)32-37-21-23-17-19-26(20-18-23)36-22-28-31-30(33-38-28)25-13-7-4-8-14-25/h3-8,11-15,17-20,32H,2,9-10,16,21-22H2,1H3. The van der Waals surface area contributed by atoms with E-state index in [-0.39, 0.29) is 12.6 Å². The quantitative estimate of drug-likeness (QED) is 0.123. The summed E-state index contributed by atoms with van der Waals surface area (Å²) in [6.07, 6.45) is 3.85. The molecule has 0 aliphatic heterocycles. The topological polar surface area (TPSA) is 95.7 Å². The van der Waals surface area contributed by atoms with Crippen molar-refractivity contribution in [1.29, 1.82) is 0 Å². The molecule has 4 aromatic rings. The molecule has 0 fully saturated rings. The second-order valence-electron chi connectivity index (χ2n) is 8.38. The number of allylic oxidation sites excluding steroid dienone is 1. The van der Waals surface area contributed by atoms with E-state index in [4.69, 9.17) is 18.8 Å². The number of rotatable bonds is 14. The number of unbranched alkanes of at least 4 members (excludes halogenated alkanes) is 1. The van der Waals surface area contributed by atoms with E-state index in [0.717, 1.165) is 28.8 Å². The van der Waals surface area contributed by atoms with Gasteiger partial charge in [0.25, 0.3) is 5.89 Å². The molecule has 1 N–H and O–H groups in total. The lowest BCUT2D eigenvalue weighted by atomic mass is 10.1. The first-order chi connectivity index (χ1) is 18.7. The first-order valence-electron chi connectivity index (χ1n) is 12.6. The predicted octanol–water partition coefficient (Wildman–Crippen LogP) is 6.11. The van der Waals surface area contributed by atoms with Crippen molar-refractivity contribution in [3.8, 4) is 17.1 Å². The molecule has 8 nitrogen and oxygen atoms in total. The number of carbonyl (C=O) groups is 1. The summed E-state index contributed by atoms with van der Waals surface area (Å²) in [5.74, 6) is 1.45. The highest BCUT2D eigenvalue weighted by Gasteiger charge is 2.09. The molecule has 0 unspecified atom stereocenters. The third-order valence-corrected chi connectivity index (χ3v) is 5.53. The summed E-state index contributed by atoms with van der Waals surface area (Å²) in [6.45, 7) is 2.75. The highest BCUT2D eigenvalue weighted by atomic mass is 16.6. The van der Waals surface area contributed by atoms with Gasteiger partial charge in [0.1, 0.15) is 5.75 Å². The van der Waals surface area contributed by atoms with E-state index in [1.807, 2.05) is 97.9 Å². The third kappa shape index (κ3) is 8.31. The van der Waals surface area contributed by atoms with Gasteiger partial charge >= 0.3 is 5.97 Å². The molecule has 3 aromatic carbocycles. The Labute approximate surface area is 222 Å². The van der Waals surface area contributed by atoms with Crippen molar-refractivity contribution in [2.75, 3.05) is 6.61 Å². The molecule has 4 rings (SSSR count). The number of aromatic nitrogens is 2. The summed E-state index contributed by atoms with van der Waals surface area (Å²) < 4.78 is 16.1. The zero-order chi connectivity index (χ0) is 26.4. The van der Waals surface area contributed by atoms with E-state index in [0.29, 0.717) is 43.5 Å². The molecular formula is C30H31N3O5. The van der Waals surface area contributed by atoms with Crippen LogP contribution >= 0.6 is 0 Å². The zero-order valence-electron chi connectivity index (χ0n) is 21.3. The number of hydrogen-bond acceptors (Lipinski definition) is 8. The van der Waals surface area contributed by atoms with Gasteiger partial charge in [-0.1, -0.05) is 84.0 Å². The van der Waals surface area contributed by atoms with Crippen LogP contribution in [0.3, 0.4) is 0 Å². The Bertz CT molecular complexity index is 1290. The zero-order valence-corrected chi connectivity index (χ0v) is 21.3. The van der Waals surface area contributed by atoms with Crippen molar-refractivity contribution in [2.24, 2.45) is 0 Å². The molecule has 0 aliphatic carbocycles. The molecule has 0 saturated heterocycles. The third-order valence-electron chi connectivity index (χ3n) is 5.53. The Balaban J connectivity index is 1.25. The lowest BCUT2D eigenvalue weighted by molar-refractivity contribution is -0.143. The molecular weight excluding hydrogens is 482 g/mol.